The predicted octanol–water partition coefficient (Wildman–Crippen LogP) is -1.12. The molecule has 0 rings (SSSR count). The van der Waals surface area contributed by atoms with Crippen LogP contribution in [0.1, 0.15) is 26.7 Å². The monoisotopic (exact) mass is 334 g/mol. The Bertz CT molecular complexity index is 597. The first-order chi connectivity index (χ1) is 11.1. The minimum Gasteiger partial charge on any atom is -0.481 e. The van der Waals surface area contributed by atoms with Gasteiger partial charge in [-0.2, -0.15) is 0 Å². The fourth-order valence-electron chi connectivity index (χ4n) is 1.61. The molecule has 0 aliphatic carbocycles. The van der Waals surface area contributed by atoms with Crippen LogP contribution in [-0.2, 0) is 24.0 Å². The zero-order chi connectivity index (χ0) is 18.9. The lowest BCUT2D eigenvalue weighted by Gasteiger charge is -2.19. The highest BCUT2D eigenvalue weighted by Crippen LogP contribution is 2.05. The van der Waals surface area contributed by atoms with Gasteiger partial charge in [-0.15, -0.1) is 12.8 Å². The van der Waals surface area contributed by atoms with Gasteiger partial charge in [0, 0.05) is 12.8 Å². The summed E-state index contributed by atoms with van der Waals surface area (Å²) in [6.45, 7) is 2.72. The Morgan fingerprint density at radius 3 is 2.04 bits per heavy atom. The van der Waals surface area contributed by atoms with Crippen molar-refractivity contribution >= 4 is 29.4 Å². The summed E-state index contributed by atoms with van der Waals surface area (Å²) in [7, 11) is 0. The summed E-state index contributed by atoms with van der Waals surface area (Å²) in [5.74, 6) is -1.50. The molecular formula is C16H18N2O6. The number of carbonyl (C=O) groups excluding carboxylic acids is 4. The van der Waals surface area contributed by atoms with Crippen LogP contribution >= 0.6 is 0 Å². The molecule has 8 heteroatoms. The summed E-state index contributed by atoms with van der Waals surface area (Å²) in [6, 6.07) is -2.34. The highest BCUT2D eigenvalue weighted by atomic mass is 16.4. The third kappa shape index (κ3) is 7.23. The van der Waals surface area contributed by atoms with Gasteiger partial charge in [-0.3, -0.25) is 24.0 Å². The molecule has 3 atom stereocenters. The van der Waals surface area contributed by atoms with E-state index in [9.17, 15) is 24.0 Å². The molecule has 1 unspecified atom stereocenters. The Labute approximate surface area is 139 Å². The van der Waals surface area contributed by atoms with Crippen molar-refractivity contribution in [1.29, 1.82) is 0 Å². The van der Waals surface area contributed by atoms with Crippen LogP contribution < -0.4 is 10.6 Å². The SMILES string of the molecule is C#CC(=O)CC(NC(=O)C#C)C(=O)N[C@@H](C)C(=O)C[C@@H](C)C(=O)O. The lowest BCUT2D eigenvalue weighted by Crippen LogP contribution is -2.51. The van der Waals surface area contributed by atoms with Gasteiger partial charge in [-0.05, 0) is 18.8 Å². The molecule has 0 aromatic heterocycles. The highest BCUT2D eigenvalue weighted by Gasteiger charge is 2.27. The number of aliphatic carboxylic acids is 1. The van der Waals surface area contributed by atoms with Crippen molar-refractivity contribution in [2.75, 3.05) is 0 Å². The maximum atomic E-state index is 12.1. The normalized spacial score (nSPS) is 13.3. The fraction of sp³-hybridized carbons (Fsp3) is 0.438. The van der Waals surface area contributed by atoms with Gasteiger partial charge in [0.15, 0.2) is 5.78 Å². The molecule has 2 amide bonds. The van der Waals surface area contributed by atoms with Gasteiger partial charge in [0.25, 0.3) is 5.91 Å². The van der Waals surface area contributed by atoms with Crippen LogP contribution in [0, 0.1) is 30.6 Å². The number of amides is 2. The van der Waals surface area contributed by atoms with Crippen molar-refractivity contribution in [3.05, 3.63) is 0 Å². The Hall–Kier alpha value is -3.13. The minimum absolute atomic E-state index is 0.276. The molecular weight excluding hydrogens is 316 g/mol. The van der Waals surface area contributed by atoms with Crippen molar-refractivity contribution < 1.29 is 29.1 Å². The van der Waals surface area contributed by atoms with E-state index in [0.29, 0.717) is 0 Å². The van der Waals surface area contributed by atoms with Crippen molar-refractivity contribution in [3.63, 3.8) is 0 Å². The molecule has 0 saturated carbocycles. The zero-order valence-corrected chi connectivity index (χ0v) is 13.3. The van der Waals surface area contributed by atoms with E-state index in [0.717, 1.165) is 0 Å². The second kappa shape index (κ2) is 9.80. The molecule has 8 nitrogen and oxygen atoms in total. The average molecular weight is 334 g/mol. The molecule has 0 aliphatic heterocycles. The maximum absolute atomic E-state index is 12.1. The van der Waals surface area contributed by atoms with Crippen molar-refractivity contribution in [3.8, 4) is 24.7 Å². The second-order valence-electron chi connectivity index (χ2n) is 5.08. The van der Waals surface area contributed by atoms with E-state index in [1.165, 1.54) is 13.8 Å². The van der Waals surface area contributed by atoms with Gasteiger partial charge >= 0.3 is 5.97 Å². The lowest BCUT2D eigenvalue weighted by atomic mass is 10.0. The Balaban J connectivity index is 4.91. The van der Waals surface area contributed by atoms with Crippen LogP contribution in [0.15, 0.2) is 0 Å². The summed E-state index contributed by atoms with van der Waals surface area (Å²) in [6.07, 6.45) is 9.05. The van der Waals surface area contributed by atoms with Crippen LogP contribution in [0.2, 0.25) is 0 Å². The second-order valence-corrected chi connectivity index (χ2v) is 5.08. The number of carboxylic acid groups (broad SMARTS) is 1. The molecule has 128 valence electrons. The van der Waals surface area contributed by atoms with E-state index in [1.807, 2.05) is 0 Å². The topological polar surface area (TPSA) is 130 Å². The Morgan fingerprint density at radius 1 is 1.00 bits per heavy atom. The van der Waals surface area contributed by atoms with Crippen LogP contribution in [0.5, 0.6) is 0 Å². The van der Waals surface area contributed by atoms with E-state index in [2.05, 4.69) is 10.6 Å². The highest BCUT2D eigenvalue weighted by molar-refractivity contribution is 6.02. The number of hydrogen-bond donors (Lipinski definition) is 3. The number of carboxylic acids is 1. The average Bonchev–Trinajstić information content (AvgIpc) is 2.53. The van der Waals surface area contributed by atoms with E-state index < -0.39 is 53.8 Å². The fourth-order valence-corrected chi connectivity index (χ4v) is 1.61. The molecule has 0 saturated heterocycles. The number of Topliss-reactive ketones (excluding diaryl/α,β-unsaturated/α-hetero) is 2. The number of nitrogens with one attached hydrogen (secondary N) is 2. The molecule has 0 aromatic rings. The molecule has 0 aliphatic rings. The zero-order valence-electron chi connectivity index (χ0n) is 13.3. The van der Waals surface area contributed by atoms with Crippen molar-refractivity contribution in [2.45, 2.75) is 38.8 Å². The van der Waals surface area contributed by atoms with Crippen LogP contribution in [-0.4, -0.2) is 46.5 Å². The van der Waals surface area contributed by atoms with Gasteiger partial charge in [0.2, 0.25) is 11.7 Å². The quantitative estimate of drug-likeness (QED) is 0.362. The smallest absolute Gasteiger partial charge is 0.306 e. The third-order valence-electron chi connectivity index (χ3n) is 3.07. The largest absolute Gasteiger partial charge is 0.481 e. The molecule has 24 heavy (non-hydrogen) atoms. The van der Waals surface area contributed by atoms with E-state index >= 15 is 0 Å². The van der Waals surface area contributed by atoms with Gasteiger partial charge in [0.1, 0.15) is 6.04 Å². The van der Waals surface area contributed by atoms with Crippen molar-refractivity contribution in [2.24, 2.45) is 5.92 Å². The first-order valence-corrected chi connectivity index (χ1v) is 6.94. The van der Waals surface area contributed by atoms with Crippen LogP contribution in [0.4, 0.5) is 0 Å². The molecule has 0 heterocycles. The molecule has 0 aromatic carbocycles. The first-order valence-electron chi connectivity index (χ1n) is 6.94. The summed E-state index contributed by atoms with van der Waals surface area (Å²) >= 11 is 0. The Kier molecular flexibility index (Phi) is 8.52. The summed E-state index contributed by atoms with van der Waals surface area (Å²) in [5.41, 5.74) is 0. The van der Waals surface area contributed by atoms with Gasteiger partial charge in [-0.1, -0.05) is 6.92 Å². The molecule has 3 N–H and O–H groups in total. The minimum atomic E-state index is -1.33. The number of rotatable bonds is 9. The standard InChI is InChI=1S/C16H18N2O6/c1-5-11(19)8-12(18-14(21)6-2)15(22)17-10(4)13(20)7-9(3)16(23)24/h1-2,9-10,12H,7-8H2,3-4H3,(H,17,22)(H,18,21)(H,23,24)/t9-,10+,12?/m1/s1. The summed E-state index contributed by atoms with van der Waals surface area (Å²) in [5, 5.41) is 13.2. The van der Waals surface area contributed by atoms with Gasteiger partial charge < -0.3 is 15.7 Å². The van der Waals surface area contributed by atoms with Crippen LogP contribution in [0.3, 0.4) is 0 Å². The third-order valence-corrected chi connectivity index (χ3v) is 3.07. The first kappa shape index (κ1) is 20.9. The summed E-state index contributed by atoms with van der Waals surface area (Å²) in [4.78, 5) is 57.2. The maximum Gasteiger partial charge on any atom is 0.306 e. The molecule has 0 fully saturated rings. The molecule has 0 bridgehead atoms. The number of carbonyl (C=O) groups is 5. The number of terminal acetylenes is 2. The lowest BCUT2D eigenvalue weighted by molar-refractivity contribution is -0.143. The van der Waals surface area contributed by atoms with Gasteiger partial charge in [-0.25, -0.2) is 0 Å². The summed E-state index contributed by atoms with van der Waals surface area (Å²) < 4.78 is 0. The Morgan fingerprint density at radius 2 is 1.58 bits per heavy atom. The molecule has 0 spiro atoms. The number of ketones is 2. The van der Waals surface area contributed by atoms with E-state index in [4.69, 9.17) is 18.0 Å². The molecule has 0 radical (unpaired) electrons. The number of hydrogen-bond acceptors (Lipinski definition) is 5. The van der Waals surface area contributed by atoms with Gasteiger partial charge in [0.05, 0.1) is 12.0 Å². The van der Waals surface area contributed by atoms with E-state index in [-0.39, 0.29) is 6.42 Å². The predicted molar refractivity (Wildman–Crippen MR) is 83.2 cm³/mol. The van der Waals surface area contributed by atoms with Crippen molar-refractivity contribution in [1.82, 2.24) is 10.6 Å². The van der Waals surface area contributed by atoms with Crippen LogP contribution in [0.25, 0.3) is 0 Å². The van der Waals surface area contributed by atoms with E-state index in [1.54, 1.807) is 11.8 Å².